The van der Waals surface area contributed by atoms with Crippen molar-refractivity contribution in [1.82, 2.24) is 0 Å². The molecule has 0 atom stereocenters. The third-order valence-corrected chi connectivity index (χ3v) is 3.99. The van der Waals surface area contributed by atoms with Crippen LogP contribution in [0.4, 0.5) is 10.1 Å². The molecule has 2 rings (SSSR count). The van der Waals surface area contributed by atoms with Gasteiger partial charge in [0.2, 0.25) is 0 Å². The van der Waals surface area contributed by atoms with Crippen LogP contribution in [0.5, 0.6) is 5.75 Å². The molecule has 0 fully saturated rings. The Kier molecular flexibility index (Phi) is 6.80. The molecule has 0 spiro atoms. The van der Waals surface area contributed by atoms with Crippen molar-refractivity contribution in [2.45, 2.75) is 0 Å². The molecule has 0 unspecified atom stereocenters. The van der Waals surface area contributed by atoms with E-state index in [-0.39, 0.29) is 22.9 Å². The lowest BCUT2D eigenvalue weighted by Gasteiger charge is -2.09. The number of rotatable bonds is 5. The van der Waals surface area contributed by atoms with Crippen molar-refractivity contribution in [3.63, 3.8) is 0 Å². The number of nitrogens with one attached hydrogen (secondary N) is 1. The van der Waals surface area contributed by atoms with E-state index in [2.05, 4.69) is 27.2 Å². The number of para-hydroxylation sites is 1. The molecule has 130 valence electrons. The highest BCUT2D eigenvalue weighted by Gasteiger charge is 2.14. The van der Waals surface area contributed by atoms with Crippen LogP contribution in [-0.2, 0) is 4.79 Å². The fourth-order valence-corrected chi connectivity index (χ4v) is 2.97. The van der Waals surface area contributed by atoms with Crippen molar-refractivity contribution in [1.29, 1.82) is 5.26 Å². The van der Waals surface area contributed by atoms with E-state index in [1.165, 1.54) is 30.3 Å². The number of benzene rings is 2. The number of carbonyl (C=O) groups excluding carboxylic acids is 1. The molecule has 0 radical (unpaired) electrons. The zero-order chi connectivity index (χ0) is 19.1. The van der Waals surface area contributed by atoms with Crippen LogP contribution < -0.4 is 10.1 Å². The summed E-state index contributed by atoms with van der Waals surface area (Å²) in [6.07, 6.45) is 6.48. The summed E-state index contributed by atoms with van der Waals surface area (Å²) in [4.78, 5) is 12.2. The number of nitrogens with zero attached hydrogens (tertiary/aromatic N) is 1. The summed E-state index contributed by atoms with van der Waals surface area (Å²) in [5.74, 6) is 1.35. The Morgan fingerprint density at radius 2 is 2.15 bits per heavy atom. The Hall–Kier alpha value is -2.80. The number of nitriles is 1. The molecule has 0 aromatic heterocycles. The Bertz CT molecular complexity index is 938. The molecular formula is C19H11BrClFN2O2. The number of ether oxygens (including phenoxy) is 1. The molecule has 0 saturated carbocycles. The van der Waals surface area contributed by atoms with Gasteiger partial charge in [-0.2, -0.15) is 5.26 Å². The van der Waals surface area contributed by atoms with E-state index >= 15 is 0 Å². The molecule has 0 saturated heterocycles. The van der Waals surface area contributed by atoms with Gasteiger partial charge in [-0.15, -0.1) is 6.42 Å². The van der Waals surface area contributed by atoms with Crippen LogP contribution in [0.15, 0.2) is 46.4 Å². The Balaban J connectivity index is 2.28. The Labute approximate surface area is 163 Å². The number of carbonyl (C=O) groups is 1. The second-order valence-electron chi connectivity index (χ2n) is 4.91. The molecule has 2 aromatic carbocycles. The van der Waals surface area contributed by atoms with Crippen molar-refractivity contribution >= 4 is 45.2 Å². The lowest BCUT2D eigenvalue weighted by molar-refractivity contribution is -0.112. The monoisotopic (exact) mass is 432 g/mol. The lowest BCUT2D eigenvalue weighted by atomic mass is 10.1. The van der Waals surface area contributed by atoms with Gasteiger partial charge < -0.3 is 10.1 Å². The van der Waals surface area contributed by atoms with Crippen molar-refractivity contribution in [3.8, 4) is 24.2 Å². The summed E-state index contributed by atoms with van der Waals surface area (Å²) in [5.41, 5.74) is 0.250. The van der Waals surface area contributed by atoms with E-state index in [1.807, 2.05) is 0 Å². The first-order valence-corrected chi connectivity index (χ1v) is 8.36. The summed E-state index contributed by atoms with van der Waals surface area (Å²) < 4.78 is 19.5. The standard InChI is InChI=1S/C19H11BrClFN2O2/c1-2-7-26-18-14(20)9-12(10-15(18)21)8-13(11-23)19(25)24-17-6-4-3-5-16(17)22/h1,3-6,8-10H,7H2,(H,24,25)/b13-8-. The molecular weight excluding hydrogens is 423 g/mol. The summed E-state index contributed by atoms with van der Waals surface area (Å²) in [5, 5.41) is 11.9. The largest absolute Gasteiger partial charge is 0.478 e. The first kappa shape index (κ1) is 19.5. The average molecular weight is 434 g/mol. The SMILES string of the molecule is C#CCOc1c(Cl)cc(/C=C(/C#N)C(=O)Nc2ccccc2F)cc1Br. The van der Waals surface area contributed by atoms with Gasteiger partial charge in [0.1, 0.15) is 24.1 Å². The number of hydrogen-bond acceptors (Lipinski definition) is 3. The van der Waals surface area contributed by atoms with Gasteiger partial charge >= 0.3 is 0 Å². The van der Waals surface area contributed by atoms with Gasteiger partial charge in [0.15, 0.2) is 5.75 Å². The maximum absolute atomic E-state index is 13.6. The zero-order valence-corrected chi connectivity index (χ0v) is 15.6. The number of anilines is 1. The molecule has 0 aliphatic rings. The van der Waals surface area contributed by atoms with Crippen LogP contribution >= 0.6 is 27.5 Å². The van der Waals surface area contributed by atoms with Crippen LogP contribution in [0, 0.1) is 29.5 Å². The van der Waals surface area contributed by atoms with E-state index in [1.54, 1.807) is 18.2 Å². The number of hydrogen-bond donors (Lipinski definition) is 1. The van der Waals surface area contributed by atoms with E-state index in [9.17, 15) is 14.4 Å². The quantitative estimate of drug-likeness (QED) is 0.418. The third kappa shape index (κ3) is 4.86. The first-order chi connectivity index (χ1) is 12.5. The summed E-state index contributed by atoms with van der Waals surface area (Å²) in [6, 6.07) is 10.6. The second-order valence-corrected chi connectivity index (χ2v) is 6.17. The first-order valence-electron chi connectivity index (χ1n) is 7.19. The van der Waals surface area contributed by atoms with Gasteiger partial charge in [-0.05, 0) is 51.8 Å². The van der Waals surface area contributed by atoms with E-state index < -0.39 is 11.7 Å². The molecule has 26 heavy (non-hydrogen) atoms. The molecule has 0 heterocycles. The van der Waals surface area contributed by atoms with Crippen molar-refractivity contribution in [3.05, 3.63) is 62.8 Å². The van der Waals surface area contributed by atoms with Gasteiger partial charge in [-0.3, -0.25) is 4.79 Å². The molecule has 1 N–H and O–H groups in total. The van der Waals surface area contributed by atoms with Gasteiger partial charge in [0.05, 0.1) is 15.2 Å². The highest BCUT2D eigenvalue weighted by Crippen LogP contribution is 2.35. The summed E-state index contributed by atoms with van der Waals surface area (Å²) in [7, 11) is 0. The number of amides is 1. The zero-order valence-electron chi connectivity index (χ0n) is 13.2. The second kappa shape index (κ2) is 9.05. The fourth-order valence-electron chi connectivity index (χ4n) is 1.98. The van der Waals surface area contributed by atoms with E-state index in [4.69, 9.17) is 22.8 Å². The number of halogens is 3. The van der Waals surface area contributed by atoms with Crippen molar-refractivity contribution in [2.75, 3.05) is 11.9 Å². The lowest BCUT2D eigenvalue weighted by Crippen LogP contribution is -2.14. The van der Waals surface area contributed by atoms with Gasteiger partial charge in [0.25, 0.3) is 5.91 Å². The topological polar surface area (TPSA) is 62.1 Å². The highest BCUT2D eigenvalue weighted by molar-refractivity contribution is 9.10. The molecule has 0 bridgehead atoms. The fraction of sp³-hybridized carbons (Fsp3) is 0.0526. The minimum atomic E-state index is -0.738. The minimum Gasteiger partial charge on any atom is -0.478 e. The maximum Gasteiger partial charge on any atom is 0.266 e. The molecule has 0 aliphatic heterocycles. The van der Waals surface area contributed by atoms with Crippen LogP contribution in [0.2, 0.25) is 5.02 Å². The van der Waals surface area contributed by atoms with E-state index in [0.717, 1.165) is 0 Å². The van der Waals surface area contributed by atoms with Gasteiger partial charge in [-0.25, -0.2) is 4.39 Å². The van der Waals surface area contributed by atoms with Gasteiger partial charge in [-0.1, -0.05) is 29.7 Å². The molecule has 0 aliphatic carbocycles. The van der Waals surface area contributed by atoms with Crippen LogP contribution in [-0.4, -0.2) is 12.5 Å². The normalized spacial score (nSPS) is 10.6. The van der Waals surface area contributed by atoms with Crippen LogP contribution in [0.25, 0.3) is 6.08 Å². The molecule has 2 aromatic rings. The van der Waals surface area contributed by atoms with Crippen LogP contribution in [0.3, 0.4) is 0 Å². The molecule has 7 heteroatoms. The van der Waals surface area contributed by atoms with Crippen LogP contribution in [0.1, 0.15) is 5.56 Å². The molecule has 4 nitrogen and oxygen atoms in total. The van der Waals surface area contributed by atoms with Crippen molar-refractivity contribution in [2.24, 2.45) is 0 Å². The number of terminal acetylenes is 1. The smallest absolute Gasteiger partial charge is 0.266 e. The van der Waals surface area contributed by atoms with Crippen molar-refractivity contribution < 1.29 is 13.9 Å². The summed E-state index contributed by atoms with van der Waals surface area (Å²) >= 11 is 9.44. The average Bonchev–Trinajstić information content (AvgIpc) is 2.61. The Morgan fingerprint density at radius 1 is 1.42 bits per heavy atom. The molecule has 1 amide bonds. The summed E-state index contributed by atoms with van der Waals surface area (Å²) in [6.45, 7) is 0.0436. The highest BCUT2D eigenvalue weighted by atomic mass is 79.9. The predicted octanol–water partition coefficient (Wildman–Crippen LogP) is 4.80. The minimum absolute atomic E-state index is 0.0177. The maximum atomic E-state index is 13.6. The van der Waals surface area contributed by atoms with Gasteiger partial charge in [0, 0.05) is 0 Å². The Morgan fingerprint density at radius 3 is 2.77 bits per heavy atom. The van der Waals surface area contributed by atoms with E-state index in [0.29, 0.717) is 15.8 Å². The third-order valence-electron chi connectivity index (χ3n) is 3.12. The predicted molar refractivity (Wildman–Crippen MR) is 102 cm³/mol.